The van der Waals surface area contributed by atoms with Crippen LogP contribution in [0.5, 0.6) is 5.75 Å². The van der Waals surface area contributed by atoms with Crippen molar-refractivity contribution in [3.05, 3.63) is 53.3 Å². The summed E-state index contributed by atoms with van der Waals surface area (Å²) in [4.78, 5) is 29.7. The predicted octanol–water partition coefficient (Wildman–Crippen LogP) is 2.84. The average Bonchev–Trinajstić information content (AvgIpc) is 2.56. The van der Waals surface area contributed by atoms with E-state index in [-0.39, 0.29) is 11.8 Å². The lowest BCUT2D eigenvalue weighted by atomic mass is 10.1. The van der Waals surface area contributed by atoms with Crippen LogP contribution in [0.3, 0.4) is 0 Å². The van der Waals surface area contributed by atoms with E-state index in [0.717, 1.165) is 0 Å². The van der Waals surface area contributed by atoms with E-state index in [9.17, 15) is 9.59 Å². The van der Waals surface area contributed by atoms with Crippen LogP contribution in [-0.4, -0.2) is 41.9 Å². The second-order valence-corrected chi connectivity index (χ2v) is 5.74. The SMILES string of the molecule is C[C@@H](Oc1cccnc1)C(=O)Nc1cc(C(=O)N(C)C)ccc1Cl. The second-order valence-electron chi connectivity index (χ2n) is 5.33. The molecule has 0 bridgehead atoms. The molecule has 1 aromatic carbocycles. The minimum Gasteiger partial charge on any atom is -0.479 e. The molecule has 126 valence electrons. The Morgan fingerprint density at radius 2 is 2.04 bits per heavy atom. The topological polar surface area (TPSA) is 71.5 Å². The monoisotopic (exact) mass is 347 g/mol. The van der Waals surface area contributed by atoms with Gasteiger partial charge in [0.05, 0.1) is 16.9 Å². The van der Waals surface area contributed by atoms with Crippen molar-refractivity contribution in [1.82, 2.24) is 9.88 Å². The molecule has 2 rings (SSSR count). The maximum Gasteiger partial charge on any atom is 0.265 e. The standard InChI is InChI=1S/C17H18ClN3O3/c1-11(24-13-5-4-8-19-10-13)16(22)20-15-9-12(6-7-14(15)18)17(23)21(2)3/h4-11H,1-3H3,(H,20,22)/t11-/m1/s1. The van der Waals surface area contributed by atoms with Crippen molar-refractivity contribution in [2.24, 2.45) is 0 Å². The van der Waals surface area contributed by atoms with E-state index in [1.165, 1.54) is 11.1 Å². The Bertz CT molecular complexity index is 735. The van der Waals surface area contributed by atoms with E-state index in [1.54, 1.807) is 57.5 Å². The third kappa shape index (κ3) is 4.45. The number of amides is 2. The maximum absolute atomic E-state index is 12.3. The number of carbonyl (C=O) groups excluding carboxylic acids is 2. The average molecular weight is 348 g/mol. The lowest BCUT2D eigenvalue weighted by molar-refractivity contribution is -0.122. The van der Waals surface area contributed by atoms with Crippen LogP contribution < -0.4 is 10.1 Å². The largest absolute Gasteiger partial charge is 0.479 e. The minimum absolute atomic E-state index is 0.179. The normalized spacial score (nSPS) is 11.5. The zero-order chi connectivity index (χ0) is 17.7. The Balaban J connectivity index is 2.10. The van der Waals surface area contributed by atoms with E-state index in [1.807, 2.05) is 0 Å². The molecule has 0 fully saturated rings. The number of benzene rings is 1. The molecule has 1 heterocycles. The molecule has 7 heteroatoms. The summed E-state index contributed by atoms with van der Waals surface area (Å²) in [7, 11) is 3.30. The number of halogens is 1. The van der Waals surface area contributed by atoms with Gasteiger partial charge < -0.3 is 15.0 Å². The van der Waals surface area contributed by atoms with Gasteiger partial charge in [0, 0.05) is 25.9 Å². The second kappa shape index (κ2) is 7.79. The first-order valence-corrected chi connectivity index (χ1v) is 7.65. The smallest absolute Gasteiger partial charge is 0.265 e. The fraction of sp³-hybridized carbons (Fsp3) is 0.235. The van der Waals surface area contributed by atoms with Crippen molar-refractivity contribution in [1.29, 1.82) is 0 Å². The summed E-state index contributed by atoms with van der Waals surface area (Å²) in [6, 6.07) is 8.14. The molecule has 2 aromatic rings. The van der Waals surface area contributed by atoms with E-state index in [4.69, 9.17) is 16.3 Å². The number of hydrogen-bond acceptors (Lipinski definition) is 4. The number of aromatic nitrogens is 1. The van der Waals surface area contributed by atoms with Crippen molar-refractivity contribution in [3.63, 3.8) is 0 Å². The van der Waals surface area contributed by atoms with Gasteiger partial charge in [0.25, 0.3) is 11.8 Å². The van der Waals surface area contributed by atoms with Gasteiger partial charge in [-0.3, -0.25) is 14.6 Å². The number of carbonyl (C=O) groups is 2. The number of nitrogens with zero attached hydrogens (tertiary/aromatic N) is 2. The van der Waals surface area contributed by atoms with E-state index >= 15 is 0 Å². The van der Waals surface area contributed by atoms with Gasteiger partial charge >= 0.3 is 0 Å². The van der Waals surface area contributed by atoms with Crippen LogP contribution in [0.2, 0.25) is 5.02 Å². The fourth-order valence-electron chi connectivity index (χ4n) is 1.92. The quantitative estimate of drug-likeness (QED) is 0.902. The highest BCUT2D eigenvalue weighted by Gasteiger charge is 2.17. The molecule has 0 unspecified atom stereocenters. The Labute approximate surface area is 145 Å². The van der Waals surface area contributed by atoms with E-state index < -0.39 is 6.10 Å². The number of ether oxygens (including phenoxy) is 1. The summed E-state index contributed by atoms with van der Waals surface area (Å²) in [5.74, 6) is -0.0696. The van der Waals surface area contributed by atoms with Gasteiger partial charge in [-0.2, -0.15) is 0 Å². The molecule has 0 saturated carbocycles. The molecular weight excluding hydrogens is 330 g/mol. The molecule has 0 aliphatic heterocycles. The van der Waals surface area contributed by atoms with E-state index in [0.29, 0.717) is 22.0 Å². The highest BCUT2D eigenvalue weighted by molar-refractivity contribution is 6.34. The van der Waals surface area contributed by atoms with Crippen molar-refractivity contribution in [2.75, 3.05) is 19.4 Å². The Morgan fingerprint density at radius 1 is 1.29 bits per heavy atom. The van der Waals surface area contributed by atoms with Gasteiger partial charge in [-0.15, -0.1) is 0 Å². The first-order valence-electron chi connectivity index (χ1n) is 7.27. The Kier molecular flexibility index (Phi) is 5.76. The summed E-state index contributed by atoms with van der Waals surface area (Å²) >= 11 is 6.10. The molecular formula is C17H18ClN3O3. The molecule has 1 N–H and O–H groups in total. The Hall–Kier alpha value is -2.60. The summed E-state index contributed by atoms with van der Waals surface area (Å²) in [5, 5.41) is 3.02. The zero-order valence-electron chi connectivity index (χ0n) is 13.6. The lowest BCUT2D eigenvalue weighted by Crippen LogP contribution is -2.30. The molecule has 0 aliphatic rings. The Morgan fingerprint density at radius 3 is 2.67 bits per heavy atom. The van der Waals surface area contributed by atoms with Gasteiger partial charge in [0.1, 0.15) is 5.75 Å². The minimum atomic E-state index is -0.751. The van der Waals surface area contributed by atoms with Gasteiger partial charge in [0.15, 0.2) is 6.10 Å². The predicted molar refractivity (Wildman–Crippen MR) is 92.4 cm³/mol. The number of rotatable bonds is 5. The molecule has 6 nitrogen and oxygen atoms in total. The van der Waals surface area contributed by atoms with Crippen LogP contribution in [-0.2, 0) is 4.79 Å². The van der Waals surface area contributed by atoms with Gasteiger partial charge in [-0.05, 0) is 37.3 Å². The molecule has 24 heavy (non-hydrogen) atoms. The zero-order valence-corrected chi connectivity index (χ0v) is 14.4. The maximum atomic E-state index is 12.3. The van der Waals surface area contributed by atoms with Crippen LogP contribution in [0.15, 0.2) is 42.7 Å². The molecule has 1 atom stereocenters. The summed E-state index contributed by atoms with van der Waals surface area (Å²) in [6.07, 6.45) is 2.39. The van der Waals surface area contributed by atoms with Gasteiger partial charge in [-0.1, -0.05) is 11.6 Å². The highest BCUT2D eigenvalue weighted by atomic mass is 35.5. The van der Waals surface area contributed by atoms with Gasteiger partial charge in [-0.25, -0.2) is 0 Å². The lowest BCUT2D eigenvalue weighted by Gasteiger charge is -2.16. The first kappa shape index (κ1) is 17.7. The molecule has 2 amide bonds. The molecule has 0 spiro atoms. The van der Waals surface area contributed by atoms with Crippen molar-refractivity contribution in [2.45, 2.75) is 13.0 Å². The number of nitrogens with one attached hydrogen (secondary N) is 1. The third-order valence-corrected chi connectivity index (χ3v) is 3.52. The third-order valence-electron chi connectivity index (χ3n) is 3.19. The molecule has 0 saturated heterocycles. The summed E-state index contributed by atoms with van der Waals surface area (Å²) < 4.78 is 5.51. The summed E-state index contributed by atoms with van der Waals surface area (Å²) in [6.45, 7) is 1.62. The molecule has 0 aliphatic carbocycles. The first-order chi connectivity index (χ1) is 11.4. The van der Waals surface area contributed by atoms with Crippen molar-refractivity contribution >= 4 is 29.1 Å². The number of anilines is 1. The van der Waals surface area contributed by atoms with E-state index in [2.05, 4.69) is 10.3 Å². The van der Waals surface area contributed by atoms with Crippen LogP contribution in [0.1, 0.15) is 17.3 Å². The number of hydrogen-bond donors (Lipinski definition) is 1. The van der Waals surface area contributed by atoms with Crippen LogP contribution >= 0.6 is 11.6 Å². The van der Waals surface area contributed by atoms with Crippen molar-refractivity contribution < 1.29 is 14.3 Å². The van der Waals surface area contributed by atoms with Crippen LogP contribution in [0.4, 0.5) is 5.69 Å². The molecule has 1 aromatic heterocycles. The van der Waals surface area contributed by atoms with Gasteiger partial charge in [0.2, 0.25) is 0 Å². The number of pyridine rings is 1. The van der Waals surface area contributed by atoms with Crippen molar-refractivity contribution in [3.8, 4) is 5.75 Å². The van der Waals surface area contributed by atoms with Crippen LogP contribution in [0.25, 0.3) is 0 Å². The highest BCUT2D eigenvalue weighted by Crippen LogP contribution is 2.24. The summed E-state index contributed by atoms with van der Waals surface area (Å²) in [5.41, 5.74) is 0.788. The van der Waals surface area contributed by atoms with Crippen LogP contribution in [0, 0.1) is 0 Å². The molecule has 0 radical (unpaired) electrons. The fourth-order valence-corrected chi connectivity index (χ4v) is 2.09.